The van der Waals surface area contributed by atoms with E-state index in [1.807, 2.05) is 6.92 Å². The molecule has 0 atom stereocenters. The molecule has 0 spiro atoms. The van der Waals surface area contributed by atoms with Crippen LogP contribution in [0, 0.1) is 13.8 Å². The third-order valence-corrected chi connectivity index (χ3v) is 5.54. The molecule has 1 fully saturated rings. The Morgan fingerprint density at radius 1 is 1.18 bits per heavy atom. The predicted octanol–water partition coefficient (Wildman–Crippen LogP) is 4.65. The smallest absolute Gasteiger partial charge is 0.122 e. The molecule has 0 amide bonds. The Kier molecular flexibility index (Phi) is 4.01. The fourth-order valence-electron chi connectivity index (χ4n) is 3.07. The Labute approximate surface area is 118 Å². The van der Waals surface area contributed by atoms with E-state index in [1.165, 1.54) is 43.2 Å². The highest BCUT2D eigenvalue weighted by atomic mass is 127. The van der Waals surface area contributed by atoms with Crippen molar-refractivity contribution in [2.75, 3.05) is 4.43 Å². The van der Waals surface area contributed by atoms with Crippen molar-refractivity contribution < 1.29 is 5.11 Å². The summed E-state index contributed by atoms with van der Waals surface area (Å²) in [5.74, 6) is 0.536. The van der Waals surface area contributed by atoms with Gasteiger partial charge in [-0.1, -0.05) is 59.5 Å². The molecular formula is C15H21IO. The van der Waals surface area contributed by atoms with Crippen LogP contribution in [0.4, 0.5) is 0 Å². The van der Waals surface area contributed by atoms with E-state index in [2.05, 4.69) is 41.6 Å². The number of aryl methyl sites for hydroxylation is 2. The van der Waals surface area contributed by atoms with Gasteiger partial charge in [0.2, 0.25) is 0 Å². The van der Waals surface area contributed by atoms with Crippen LogP contribution in [0.1, 0.15) is 48.8 Å². The molecule has 0 radical (unpaired) electrons. The number of hydrogen-bond donors (Lipinski definition) is 1. The van der Waals surface area contributed by atoms with E-state index in [-0.39, 0.29) is 5.41 Å². The highest BCUT2D eigenvalue weighted by Crippen LogP contribution is 2.45. The first-order valence-corrected chi connectivity index (χ1v) is 7.98. The minimum Gasteiger partial charge on any atom is -0.507 e. The second kappa shape index (κ2) is 5.17. The van der Waals surface area contributed by atoms with Crippen LogP contribution in [0.25, 0.3) is 0 Å². The topological polar surface area (TPSA) is 20.2 Å². The lowest BCUT2D eigenvalue weighted by Crippen LogP contribution is -2.31. The van der Waals surface area contributed by atoms with Crippen molar-refractivity contribution in [3.63, 3.8) is 0 Å². The van der Waals surface area contributed by atoms with Crippen LogP contribution < -0.4 is 0 Å². The first-order chi connectivity index (χ1) is 8.09. The van der Waals surface area contributed by atoms with Crippen molar-refractivity contribution in [1.82, 2.24) is 0 Å². The van der Waals surface area contributed by atoms with Gasteiger partial charge in [-0.05, 0) is 32.3 Å². The van der Waals surface area contributed by atoms with Gasteiger partial charge in [-0.2, -0.15) is 0 Å². The van der Waals surface area contributed by atoms with Crippen LogP contribution in [0.15, 0.2) is 12.1 Å². The second-order valence-corrected chi connectivity index (χ2v) is 6.22. The third-order valence-electron chi connectivity index (χ3n) is 4.08. The molecule has 0 saturated heterocycles. The number of aromatic hydroxyl groups is 1. The highest BCUT2D eigenvalue weighted by molar-refractivity contribution is 14.1. The van der Waals surface area contributed by atoms with E-state index in [4.69, 9.17) is 0 Å². The molecule has 2 heteroatoms. The number of phenolic OH excluding ortho intramolecular Hbond substituents is 1. The molecule has 1 aliphatic rings. The maximum atomic E-state index is 10.4. The van der Waals surface area contributed by atoms with Gasteiger partial charge in [0.1, 0.15) is 5.75 Å². The average Bonchev–Trinajstić information content (AvgIpc) is 2.34. The summed E-state index contributed by atoms with van der Waals surface area (Å²) in [6, 6.07) is 4.27. The van der Waals surface area contributed by atoms with Gasteiger partial charge >= 0.3 is 0 Å². The first-order valence-electron chi connectivity index (χ1n) is 6.46. The first kappa shape index (κ1) is 13.2. The Morgan fingerprint density at radius 3 is 2.41 bits per heavy atom. The molecule has 0 unspecified atom stereocenters. The van der Waals surface area contributed by atoms with Crippen LogP contribution >= 0.6 is 22.6 Å². The van der Waals surface area contributed by atoms with Gasteiger partial charge < -0.3 is 5.11 Å². The van der Waals surface area contributed by atoms with Crippen LogP contribution in [0.3, 0.4) is 0 Å². The fourth-order valence-corrected chi connectivity index (χ4v) is 4.24. The normalized spacial score (nSPS) is 19.2. The molecular weight excluding hydrogens is 323 g/mol. The highest BCUT2D eigenvalue weighted by Gasteiger charge is 2.35. The molecule has 1 aromatic carbocycles. The molecule has 0 heterocycles. The summed E-state index contributed by atoms with van der Waals surface area (Å²) in [6.07, 6.45) is 6.41. The summed E-state index contributed by atoms with van der Waals surface area (Å²) in [4.78, 5) is 0. The van der Waals surface area contributed by atoms with Crippen LogP contribution in [-0.2, 0) is 5.41 Å². The lowest BCUT2D eigenvalue weighted by atomic mass is 9.70. The maximum Gasteiger partial charge on any atom is 0.122 e. The summed E-state index contributed by atoms with van der Waals surface area (Å²) < 4.78 is 1.11. The molecule has 17 heavy (non-hydrogen) atoms. The van der Waals surface area contributed by atoms with E-state index in [0.29, 0.717) is 5.75 Å². The second-order valence-electron chi connectivity index (χ2n) is 5.45. The molecule has 0 aliphatic heterocycles. The molecule has 1 aromatic rings. The molecule has 1 nitrogen and oxygen atoms in total. The predicted molar refractivity (Wildman–Crippen MR) is 81.2 cm³/mol. The number of benzene rings is 1. The molecule has 1 N–H and O–H groups in total. The van der Waals surface area contributed by atoms with Gasteiger partial charge in [-0.3, -0.25) is 0 Å². The Bertz CT molecular complexity index is 406. The van der Waals surface area contributed by atoms with Gasteiger partial charge in [0.15, 0.2) is 0 Å². The molecule has 1 aliphatic carbocycles. The zero-order chi connectivity index (χ0) is 12.5. The van der Waals surface area contributed by atoms with E-state index < -0.39 is 0 Å². The van der Waals surface area contributed by atoms with Crippen molar-refractivity contribution >= 4 is 22.6 Å². The largest absolute Gasteiger partial charge is 0.507 e. The van der Waals surface area contributed by atoms with Crippen molar-refractivity contribution in [3.05, 3.63) is 28.8 Å². The molecule has 2 rings (SSSR count). The summed E-state index contributed by atoms with van der Waals surface area (Å²) in [5, 5.41) is 10.4. The van der Waals surface area contributed by atoms with E-state index >= 15 is 0 Å². The number of rotatable bonds is 2. The van der Waals surface area contributed by atoms with Gasteiger partial charge in [0.25, 0.3) is 0 Å². The van der Waals surface area contributed by atoms with Gasteiger partial charge in [0.05, 0.1) is 0 Å². The van der Waals surface area contributed by atoms with Crippen LogP contribution in [-0.4, -0.2) is 9.53 Å². The van der Waals surface area contributed by atoms with E-state index in [1.54, 1.807) is 0 Å². The third kappa shape index (κ3) is 2.47. The monoisotopic (exact) mass is 344 g/mol. The molecule has 0 aromatic heterocycles. The number of phenols is 1. The van der Waals surface area contributed by atoms with Crippen molar-refractivity contribution in [1.29, 1.82) is 0 Å². The summed E-state index contributed by atoms with van der Waals surface area (Å²) in [6.45, 7) is 4.13. The zero-order valence-corrected chi connectivity index (χ0v) is 12.9. The number of hydrogen-bond acceptors (Lipinski definition) is 1. The quantitative estimate of drug-likeness (QED) is 0.612. The van der Waals surface area contributed by atoms with Crippen molar-refractivity contribution in [2.45, 2.75) is 51.4 Å². The molecule has 94 valence electrons. The SMILES string of the molecule is Cc1cc(C)c(O)c(C2(CI)CCCCC2)c1. The Morgan fingerprint density at radius 2 is 1.82 bits per heavy atom. The summed E-state index contributed by atoms with van der Waals surface area (Å²) in [7, 11) is 0. The van der Waals surface area contributed by atoms with Crippen molar-refractivity contribution in [2.24, 2.45) is 0 Å². The Balaban J connectivity index is 2.49. The van der Waals surface area contributed by atoms with Gasteiger partial charge in [-0.25, -0.2) is 0 Å². The number of alkyl halides is 1. The Hall–Kier alpha value is -0.250. The summed E-state index contributed by atoms with van der Waals surface area (Å²) in [5.41, 5.74) is 3.71. The van der Waals surface area contributed by atoms with Crippen molar-refractivity contribution in [3.8, 4) is 5.75 Å². The average molecular weight is 344 g/mol. The standard InChI is InChI=1S/C15H21IO/c1-11-8-12(2)14(17)13(9-11)15(10-16)6-4-3-5-7-15/h8-9,17H,3-7,10H2,1-2H3. The minimum absolute atomic E-state index is 0.222. The van der Waals surface area contributed by atoms with E-state index in [9.17, 15) is 5.11 Å². The molecule has 1 saturated carbocycles. The minimum atomic E-state index is 0.222. The van der Waals surface area contributed by atoms with Crippen LogP contribution in [0.5, 0.6) is 5.75 Å². The maximum absolute atomic E-state index is 10.4. The van der Waals surface area contributed by atoms with Crippen LogP contribution in [0.2, 0.25) is 0 Å². The zero-order valence-electron chi connectivity index (χ0n) is 10.7. The van der Waals surface area contributed by atoms with E-state index in [0.717, 1.165) is 9.99 Å². The lowest BCUT2D eigenvalue weighted by Gasteiger charge is -2.37. The van der Waals surface area contributed by atoms with Gasteiger partial charge in [-0.15, -0.1) is 0 Å². The lowest BCUT2D eigenvalue weighted by molar-refractivity contribution is 0.317. The molecule has 0 bridgehead atoms. The fraction of sp³-hybridized carbons (Fsp3) is 0.600. The number of halogens is 1. The summed E-state index contributed by atoms with van der Waals surface area (Å²) >= 11 is 2.49. The van der Waals surface area contributed by atoms with Gasteiger partial charge in [0, 0.05) is 15.4 Å².